The predicted molar refractivity (Wildman–Crippen MR) is 98.6 cm³/mol. The van der Waals surface area contributed by atoms with E-state index in [9.17, 15) is 14.8 Å². The van der Waals surface area contributed by atoms with Crippen LogP contribution in [0.2, 0.25) is 0 Å². The number of nitrogens with one attached hydrogen (secondary N) is 1. The number of nitrogens with zero attached hydrogens (tertiary/aromatic N) is 4. The molecule has 3 heterocycles. The van der Waals surface area contributed by atoms with Crippen molar-refractivity contribution in [1.29, 1.82) is 0 Å². The fourth-order valence-electron chi connectivity index (χ4n) is 2.82. The molecule has 4 atom stereocenters. The van der Waals surface area contributed by atoms with Crippen molar-refractivity contribution in [3.05, 3.63) is 24.3 Å². The molecule has 1 saturated heterocycles. The van der Waals surface area contributed by atoms with Gasteiger partial charge in [0.15, 0.2) is 23.2 Å². The summed E-state index contributed by atoms with van der Waals surface area (Å²) in [5.74, 6) is 0.421. The Kier molecular flexibility index (Phi) is 6.61. The van der Waals surface area contributed by atoms with Crippen LogP contribution in [0.25, 0.3) is 11.2 Å². The number of aliphatic hydroxyl groups is 3. The highest BCUT2D eigenvalue weighted by atomic mass is 31.2. The molecule has 1 aliphatic rings. The molecule has 0 unspecified atom stereocenters. The molecular weight excluding hydrogens is 409 g/mol. The average Bonchev–Trinajstić information content (AvgIpc) is 3.22. The highest BCUT2D eigenvalue weighted by molar-refractivity contribution is 7.46. The van der Waals surface area contributed by atoms with E-state index in [-0.39, 0.29) is 6.61 Å². The minimum atomic E-state index is -4.75. The lowest BCUT2D eigenvalue weighted by atomic mass is 10.1. The molecule has 13 nitrogen and oxygen atoms in total. The van der Waals surface area contributed by atoms with Gasteiger partial charge in [-0.3, -0.25) is 9.09 Å². The lowest BCUT2D eigenvalue weighted by molar-refractivity contribution is -0.0504. The highest BCUT2D eigenvalue weighted by Crippen LogP contribution is 2.38. The number of phosphoric ester groups is 1. The monoisotopic (exact) mass is 431 g/mol. The summed E-state index contributed by atoms with van der Waals surface area (Å²) in [5, 5.41) is 32.5. The number of hydrogen-bond donors (Lipinski definition) is 6. The van der Waals surface area contributed by atoms with Crippen LogP contribution in [0.15, 0.2) is 24.3 Å². The largest absolute Gasteiger partial charge is 0.469 e. The van der Waals surface area contributed by atoms with Gasteiger partial charge in [-0.2, -0.15) is 0 Å². The maximum atomic E-state index is 10.9. The summed E-state index contributed by atoms with van der Waals surface area (Å²) in [6.07, 6.45) is -0.666. The molecule has 0 spiro atoms. The molecule has 0 saturated carbocycles. The maximum absolute atomic E-state index is 10.9. The van der Waals surface area contributed by atoms with E-state index in [1.54, 1.807) is 13.0 Å². The Hall–Kier alpha value is -1.96. The van der Waals surface area contributed by atoms with E-state index in [1.807, 2.05) is 0 Å². The number of aliphatic hydroxyl groups excluding tert-OH is 3. The van der Waals surface area contributed by atoms with Crippen LogP contribution in [-0.2, 0) is 13.8 Å². The Balaban J connectivity index is 1.80. The number of rotatable bonds is 8. The van der Waals surface area contributed by atoms with E-state index in [4.69, 9.17) is 19.6 Å². The Bertz CT molecular complexity index is 931. The first-order valence-corrected chi connectivity index (χ1v) is 10.1. The van der Waals surface area contributed by atoms with Crippen molar-refractivity contribution in [2.24, 2.45) is 0 Å². The first-order chi connectivity index (χ1) is 13.7. The summed E-state index contributed by atoms with van der Waals surface area (Å²) in [5.41, 5.74) is 1.49. The molecule has 0 aromatic carbocycles. The molecule has 6 N–H and O–H groups in total. The van der Waals surface area contributed by atoms with Crippen LogP contribution in [0.4, 0.5) is 5.82 Å². The first kappa shape index (κ1) is 21.7. The molecule has 160 valence electrons. The second kappa shape index (κ2) is 8.81. The van der Waals surface area contributed by atoms with Crippen molar-refractivity contribution in [3.8, 4) is 0 Å². The molecule has 0 aliphatic carbocycles. The molecule has 1 aliphatic heterocycles. The van der Waals surface area contributed by atoms with Crippen molar-refractivity contribution >= 4 is 24.8 Å². The molecule has 14 heteroatoms. The third kappa shape index (κ3) is 4.97. The van der Waals surface area contributed by atoms with E-state index in [2.05, 4.69) is 24.8 Å². The summed E-state index contributed by atoms with van der Waals surface area (Å²) in [7, 11) is -4.75. The number of hydrogen-bond acceptors (Lipinski definition) is 10. The lowest BCUT2D eigenvalue weighted by Crippen LogP contribution is -2.33. The van der Waals surface area contributed by atoms with Crippen molar-refractivity contribution in [2.45, 2.75) is 31.5 Å². The van der Waals surface area contributed by atoms with Crippen LogP contribution in [0.5, 0.6) is 0 Å². The second-order valence-corrected chi connectivity index (χ2v) is 7.71. The van der Waals surface area contributed by atoms with Crippen molar-refractivity contribution in [1.82, 2.24) is 19.5 Å². The molecule has 0 amide bonds. The Labute approximate surface area is 164 Å². The SMILES string of the molecule is CC(=CCNc1ncnc2c1ncn2[C@@H]1O[C@H](COP(=O)(O)O)[C@@H](O)[C@H]1O)CO. The normalized spacial score (nSPS) is 25.7. The fraction of sp³-hybridized carbons (Fsp3) is 0.533. The standard InChI is InChI=1S/C15H22N5O8P/c1-8(4-21)2-3-16-13-10-14(18-6-17-13)20(7-19-10)15-12(23)11(22)9(28-15)5-27-29(24,25)26/h2,6-7,9,11-12,15,21-23H,3-5H2,1H3,(H,16,17,18)(H2,24,25,26)/t9-,11-,12-,15-/m1/s1. The molecule has 2 aromatic rings. The zero-order valence-corrected chi connectivity index (χ0v) is 16.3. The third-order valence-electron chi connectivity index (χ3n) is 4.35. The van der Waals surface area contributed by atoms with Crippen molar-refractivity contribution in [3.63, 3.8) is 0 Å². The summed E-state index contributed by atoms with van der Waals surface area (Å²) in [4.78, 5) is 30.1. The number of anilines is 1. The number of phosphoric acid groups is 1. The maximum Gasteiger partial charge on any atom is 0.469 e. The quantitative estimate of drug-likeness (QED) is 0.219. The van der Waals surface area contributed by atoms with E-state index in [1.165, 1.54) is 17.2 Å². The van der Waals surface area contributed by atoms with Crippen LogP contribution >= 0.6 is 7.82 Å². The predicted octanol–water partition coefficient (Wildman–Crippen LogP) is -1.09. The van der Waals surface area contributed by atoms with E-state index >= 15 is 0 Å². The van der Waals surface area contributed by atoms with Crippen LogP contribution in [0.1, 0.15) is 13.2 Å². The topological polar surface area (TPSA) is 192 Å². The Morgan fingerprint density at radius 1 is 1.34 bits per heavy atom. The number of ether oxygens (including phenoxy) is 1. The average molecular weight is 431 g/mol. The van der Waals surface area contributed by atoms with Crippen LogP contribution in [-0.4, -0.2) is 82.7 Å². The zero-order chi connectivity index (χ0) is 21.2. The minimum absolute atomic E-state index is 0.0539. The van der Waals surface area contributed by atoms with Gasteiger partial charge < -0.3 is 35.2 Å². The summed E-state index contributed by atoms with van der Waals surface area (Å²) < 4.78 is 22.2. The Morgan fingerprint density at radius 2 is 2.10 bits per heavy atom. The van der Waals surface area contributed by atoms with Gasteiger partial charge in [0.25, 0.3) is 0 Å². The van der Waals surface area contributed by atoms with Gasteiger partial charge >= 0.3 is 7.82 Å². The molecule has 0 radical (unpaired) electrons. The zero-order valence-electron chi connectivity index (χ0n) is 15.4. The molecular formula is C15H22N5O8P. The van der Waals surface area contributed by atoms with Crippen molar-refractivity contribution in [2.75, 3.05) is 25.1 Å². The van der Waals surface area contributed by atoms with Gasteiger partial charge in [0.2, 0.25) is 0 Å². The fourth-order valence-corrected chi connectivity index (χ4v) is 3.16. The molecule has 0 bridgehead atoms. The van der Waals surface area contributed by atoms with E-state index in [0.717, 1.165) is 5.57 Å². The molecule has 1 fully saturated rings. The van der Waals surface area contributed by atoms with E-state index < -0.39 is 39.0 Å². The van der Waals surface area contributed by atoms with Crippen LogP contribution in [0, 0.1) is 0 Å². The van der Waals surface area contributed by atoms with Gasteiger partial charge in [-0.05, 0) is 6.92 Å². The summed E-state index contributed by atoms with van der Waals surface area (Å²) >= 11 is 0. The number of imidazole rings is 1. The molecule has 3 rings (SSSR count). The van der Waals surface area contributed by atoms with Crippen LogP contribution in [0.3, 0.4) is 0 Å². The minimum Gasteiger partial charge on any atom is -0.392 e. The molecule has 29 heavy (non-hydrogen) atoms. The van der Waals surface area contributed by atoms with Crippen LogP contribution < -0.4 is 5.32 Å². The van der Waals surface area contributed by atoms with Gasteiger partial charge in [-0.15, -0.1) is 0 Å². The van der Waals surface area contributed by atoms with Gasteiger partial charge in [-0.1, -0.05) is 11.6 Å². The smallest absolute Gasteiger partial charge is 0.392 e. The number of fused-ring (bicyclic) bond motifs is 1. The lowest BCUT2D eigenvalue weighted by Gasteiger charge is -2.16. The first-order valence-electron chi connectivity index (χ1n) is 8.61. The van der Waals surface area contributed by atoms with Gasteiger partial charge in [0.1, 0.15) is 24.6 Å². The van der Waals surface area contributed by atoms with Gasteiger partial charge in [0, 0.05) is 6.54 Å². The highest BCUT2D eigenvalue weighted by Gasteiger charge is 2.45. The van der Waals surface area contributed by atoms with Gasteiger partial charge in [0.05, 0.1) is 19.5 Å². The van der Waals surface area contributed by atoms with E-state index in [0.29, 0.717) is 23.5 Å². The number of aromatic nitrogens is 4. The molecule has 2 aromatic heterocycles. The Morgan fingerprint density at radius 3 is 2.79 bits per heavy atom. The summed E-state index contributed by atoms with van der Waals surface area (Å²) in [6, 6.07) is 0. The van der Waals surface area contributed by atoms with Gasteiger partial charge in [-0.25, -0.2) is 19.5 Å². The second-order valence-electron chi connectivity index (χ2n) is 6.47. The summed E-state index contributed by atoms with van der Waals surface area (Å²) in [6.45, 7) is 1.52. The third-order valence-corrected chi connectivity index (χ3v) is 4.83. The van der Waals surface area contributed by atoms with Crippen molar-refractivity contribution < 1.29 is 38.9 Å².